The second kappa shape index (κ2) is 7.67. The molecule has 1 aliphatic heterocycles. The average Bonchev–Trinajstić information content (AvgIpc) is 2.54. The zero-order valence-corrected chi connectivity index (χ0v) is 12.3. The van der Waals surface area contributed by atoms with Crippen molar-refractivity contribution in [1.29, 1.82) is 0 Å². The van der Waals surface area contributed by atoms with Crippen LogP contribution in [-0.2, 0) is 20.9 Å². The van der Waals surface area contributed by atoms with Gasteiger partial charge in [0.05, 0.1) is 13.5 Å². The minimum Gasteiger partial charge on any atom is -0.469 e. The van der Waals surface area contributed by atoms with Gasteiger partial charge >= 0.3 is 12.1 Å². The summed E-state index contributed by atoms with van der Waals surface area (Å²) in [6, 6.07) is 9.44. The van der Waals surface area contributed by atoms with Gasteiger partial charge in [0.15, 0.2) is 0 Å². The first kappa shape index (κ1) is 15.4. The Morgan fingerprint density at radius 1 is 1.24 bits per heavy atom. The Hall–Kier alpha value is -2.04. The van der Waals surface area contributed by atoms with Crippen molar-refractivity contribution in [3.8, 4) is 0 Å². The van der Waals surface area contributed by atoms with Gasteiger partial charge in [0, 0.05) is 12.6 Å². The van der Waals surface area contributed by atoms with Crippen LogP contribution < -0.4 is 0 Å². The molecule has 0 aliphatic carbocycles. The third-order valence-corrected chi connectivity index (χ3v) is 3.70. The molecule has 0 spiro atoms. The van der Waals surface area contributed by atoms with E-state index in [0.717, 1.165) is 24.8 Å². The summed E-state index contributed by atoms with van der Waals surface area (Å²) < 4.78 is 10.0. The van der Waals surface area contributed by atoms with Crippen LogP contribution in [-0.4, -0.2) is 36.7 Å². The molecular formula is C16H21NO4. The van der Waals surface area contributed by atoms with E-state index in [0.29, 0.717) is 6.54 Å². The van der Waals surface area contributed by atoms with E-state index >= 15 is 0 Å². The second-order valence-corrected chi connectivity index (χ2v) is 5.16. The lowest BCUT2D eigenvalue weighted by atomic mass is 10.00. The van der Waals surface area contributed by atoms with Gasteiger partial charge in [-0.3, -0.25) is 4.79 Å². The summed E-state index contributed by atoms with van der Waals surface area (Å²) in [6.07, 6.45) is 2.65. The fourth-order valence-electron chi connectivity index (χ4n) is 2.53. The molecule has 1 heterocycles. The van der Waals surface area contributed by atoms with Gasteiger partial charge in [-0.1, -0.05) is 30.3 Å². The first-order valence-electron chi connectivity index (χ1n) is 7.25. The number of likely N-dealkylation sites (tertiary alicyclic amines) is 1. The van der Waals surface area contributed by atoms with Crippen molar-refractivity contribution >= 4 is 12.1 Å². The zero-order chi connectivity index (χ0) is 15.1. The monoisotopic (exact) mass is 291 g/mol. The molecular weight excluding hydrogens is 270 g/mol. The number of benzene rings is 1. The molecule has 1 aromatic rings. The fourth-order valence-corrected chi connectivity index (χ4v) is 2.53. The van der Waals surface area contributed by atoms with E-state index in [2.05, 4.69) is 0 Å². The number of methoxy groups -OCH3 is 1. The van der Waals surface area contributed by atoms with Crippen LogP contribution in [0, 0.1) is 0 Å². The number of hydrogen-bond donors (Lipinski definition) is 0. The van der Waals surface area contributed by atoms with Crippen molar-refractivity contribution in [3.05, 3.63) is 35.9 Å². The number of rotatable bonds is 4. The predicted octanol–water partition coefficient (Wildman–Crippen LogP) is 2.74. The van der Waals surface area contributed by atoms with E-state index in [9.17, 15) is 9.59 Å². The number of ether oxygens (including phenoxy) is 2. The van der Waals surface area contributed by atoms with Gasteiger partial charge in [0.1, 0.15) is 6.61 Å². The number of piperidine rings is 1. The highest BCUT2D eigenvalue weighted by Gasteiger charge is 2.29. The highest BCUT2D eigenvalue weighted by atomic mass is 16.6. The molecule has 1 aliphatic rings. The minimum absolute atomic E-state index is 0.116. The molecule has 1 saturated heterocycles. The lowest BCUT2D eigenvalue weighted by Gasteiger charge is -2.34. The van der Waals surface area contributed by atoms with E-state index in [-0.39, 0.29) is 31.1 Å². The number of amides is 1. The van der Waals surface area contributed by atoms with Crippen LogP contribution in [0.15, 0.2) is 30.3 Å². The van der Waals surface area contributed by atoms with Crippen LogP contribution in [0.2, 0.25) is 0 Å². The Morgan fingerprint density at radius 3 is 2.71 bits per heavy atom. The van der Waals surface area contributed by atoms with E-state index in [1.165, 1.54) is 7.11 Å². The molecule has 0 N–H and O–H groups in total. The summed E-state index contributed by atoms with van der Waals surface area (Å²) in [5, 5.41) is 0. The van der Waals surface area contributed by atoms with E-state index in [1.54, 1.807) is 4.90 Å². The SMILES string of the molecule is COC(=O)C[C@@H]1CCCCN1C(=O)OCc1ccccc1. The quantitative estimate of drug-likeness (QED) is 0.800. The second-order valence-electron chi connectivity index (χ2n) is 5.16. The Morgan fingerprint density at radius 2 is 2.00 bits per heavy atom. The number of hydrogen-bond acceptors (Lipinski definition) is 4. The normalized spacial score (nSPS) is 18.1. The topological polar surface area (TPSA) is 55.8 Å². The molecule has 0 radical (unpaired) electrons. The van der Waals surface area contributed by atoms with Crippen molar-refractivity contribution in [1.82, 2.24) is 4.90 Å². The largest absolute Gasteiger partial charge is 0.469 e. The molecule has 1 fully saturated rings. The number of carbonyl (C=O) groups is 2. The molecule has 114 valence electrons. The van der Waals surface area contributed by atoms with E-state index in [4.69, 9.17) is 9.47 Å². The van der Waals surface area contributed by atoms with Gasteiger partial charge in [0.25, 0.3) is 0 Å². The highest BCUT2D eigenvalue weighted by Crippen LogP contribution is 2.21. The number of carbonyl (C=O) groups excluding carboxylic acids is 2. The molecule has 0 aromatic heterocycles. The fraction of sp³-hybridized carbons (Fsp3) is 0.500. The third-order valence-electron chi connectivity index (χ3n) is 3.70. The Kier molecular flexibility index (Phi) is 5.60. The molecule has 1 aromatic carbocycles. The summed E-state index contributed by atoms with van der Waals surface area (Å²) in [7, 11) is 1.36. The van der Waals surface area contributed by atoms with Crippen molar-refractivity contribution in [2.24, 2.45) is 0 Å². The summed E-state index contributed by atoms with van der Waals surface area (Å²) >= 11 is 0. The maximum absolute atomic E-state index is 12.2. The molecule has 2 rings (SSSR count). The van der Waals surface area contributed by atoms with Crippen molar-refractivity contribution in [2.75, 3.05) is 13.7 Å². The Bertz CT molecular complexity index is 474. The highest BCUT2D eigenvalue weighted by molar-refractivity contribution is 5.73. The molecule has 5 nitrogen and oxygen atoms in total. The van der Waals surface area contributed by atoms with Gasteiger partial charge in [0.2, 0.25) is 0 Å². The lowest BCUT2D eigenvalue weighted by molar-refractivity contribution is -0.142. The van der Waals surface area contributed by atoms with Gasteiger partial charge in [-0.05, 0) is 24.8 Å². The first-order valence-corrected chi connectivity index (χ1v) is 7.25. The summed E-state index contributed by atoms with van der Waals surface area (Å²) in [5.74, 6) is -0.289. The maximum atomic E-state index is 12.2. The lowest BCUT2D eigenvalue weighted by Crippen LogP contribution is -2.45. The van der Waals surface area contributed by atoms with Crippen molar-refractivity contribution in [2.45, 2.75) is 38.3 Å². The van der Waals surface area contributed by atoms with Crippen LogP contribution in [0.4, 0.5) is 4.79 Å². The standard InChI is InChI=1S/C16H21NO4/c1-20-15(18)11-14-9-5-6-10-17(14)16(19)21-12-13-7-3-2-4-8-13/h2-4,7-8,14H,5-6,9-12H2,1H3/t14-/m0/s1. The molecule has 21 heavy (non-hydrogen) atoms. The Labute approximate surface area is 124 Å². The summed E-state index contributed by atoms with van der Waals surface area (Å²) in [5.41, 5.74) is 0.951. The molecule has 1 amide bonds. The smallest absolute Gasteiger partial charge is 0.410 e. The maximum Gasteiger partial charge on any atom is 0.410 e. The van der Waals surface area contributed by atoms with Crippen LogP contribution in [0.25, 0.3) is 0 Å². The molecule has 0 saturated carbocycles. The number of esters is 1. The molecule has 5 heteroatoms. The molecule has 1 atom stereocenters. The first-order chi connectivity index (χ1) is 10.2. The molecule has 0 unspecified atom stereocenters. The predicted molar refractivity (Wildman–Crippen MR) is 77.6 cm³/mol. The van der Waals surface area contributed by atoms with Crippen LogP contribution in [0.5, 0.6) is 0 Å². The van der Waals surface area contributed by atoms with Gasteiger partial charge in [-0.25, -0.2) is 4.79 Å². The van der Waals surface area contributed by atoms with Crippen LogP contribution in [0.3, 0.4) is 0 Å². The molecule has 0 bridgehead atoms. The van der Waals surface area contributed by atoms with Gasteiger partial charge in [-0.15, -0.1) is 0 Å². The van der Waals surface area contributed by atoms with E-state index < -0.39 is 0 Å². The van der Waals surface area contributed by atoms with Crippen molar-refractivity contribution < 1.29 is 19.1 Å². The van der Waals surface area contributed by atoms with Crippen LogP contribution in [0.1, 0.15) is 31.2 Å². The van der Waals surface area contributed by atoms with Crippen molar-refractivity contribution in [3.63, 3.8) is 0 Å². The van der Waals surface area contributed by atoms with Crippen LogP contribution >= 0.6 is 0 Å². The van der Waals surface area contributed by atoms with Gasteiger partial charge in [-0.2, -0.15) is 0 Å². The third kappa shape index (κ3) is 4.48. The minimum atomic E-state index is -0.354. The zero-order valence-electron chi connectivity index (χ0n) is 12.3. The summed E-state index contributed by atoms with van der Waals surface area (Å²) in [4.78, 5) is 25.3. The Balaban J connectivity index is 1.90. The number of nitrogens with zero attached hydrogens (tertiary/aromatic N) is 1. The van der Waals surface area contributed by atoms with Gasteiger partial charge < -0.3 is 14.4 Å². The average molecular weight is 291 g/mol. The van der Waals surface area contributed by atoms with E-state index in [1.807, 2.05) is 30.3 Å². The summed E-state index contributed by atoms with van der Waals surface area (Å²) in [6.45, 7) is 0.885.